The number of nitrogens with one attached hydrogen (secondary N) is 2. The summed E-state index contributed by atoms with van der Waals surface area (Å²) < 4.78 is 6.45. The molecule has 0 saturated carbocycles. The van der Waals surface area contributed by atoms with Gasteiger partial charge in [0.2, 0.25) is 0 Å². The Balaban J connectivity index is 2.52. The van der Waals surface area contributed by atoms with Crippen molar-refractivity contribution < 1.29 is 14.3 Å². The van der Waals surface area contributed by atoms with Crippen LogP contribution in [-0.4, -0.2) is 24.6 Å². The second-order valence-electron chi connectivity index (χ2n) is 3.57. The number of urea groups is 1. The van der Waals surface area contributed by atoms with Gasteiger partial charge in [-0.2, -0.15) is 0 Å². The van der Waals surface area contributed by atoms with Crippen LogP contribution < -0.4 is 15.4 Å². The summed E-state index contributed by atoms with van der Waals surface area (Å²) in [5.74, 6) is 0.125. The zero-order valence-electron chi connectivity index (χ0n) is 10.2. The average molecular weight is 362 g/mol. The number of imide groups is 1. The number of hydrogen-bond donors (Lipinski definition) is 2. The topological polar surface area (TPSA) is 67.4 Å². The second-order valence-corrected chi connectivity index (χ2v) is 4.81. The Hall–Kier alpha value is -1.31. The third-order valence-electron chi connectivity index (χ3n) is 2.05. The number of ether oxygens (including phenoxy) is 1. The third-order valence-corrected chi connectivity index (χ3v) is 2.72. The van der Waals surface area contributed by atoms with Crippen LogP contribution >= 0.6 is 22.6 Å². The lowest BCUT2D eigenvalue weighted by Crippen LogP contribution is -2.45. The molecule has 0 radical (unpaired) electrons. The van der Waals surface area contributed by atoms with Gasteiger partial charge in [0.1, 0.15) is 5.75 Å². The molecule has 1 unspecified atom stereocenters. The van der Waals surface area contributed by atoms with Crippen LogP contribution in [0, 0.1) is 3.57 Å². The minimum absolute atomic E-state index is 0.464. The van der Waals surface area contributed by atoms with E-state index in [-0.39, 0.29) is 0 Å². The molecule has 6 heteroatoms. The van der Waals surface area contributed by atoms with Gasteiger partial charge in [-0.05, 0) is 54.6 Å². The van der Waals surface area contributed by atoms with Gasteiger partial charge in [0.15, 0.2) is 6.10 Å². The maximum absolute atomic E-state index is 11.6. The van der Waals surface area contributed by atoms with Gasteiger partial charge in [-0.15, -0.1) is 0 Å². The zero-order chi connectivity index (χ0) is 13.5. The van der Waals surface area contributed by atoms with Gasteiger partial charge in [-0.3, -0.25) is 10.1 Å². The van der Waals surface area contributed by atoms with Crippen molar-refractivity contribution in [1.82, 2.24) is 10.6 Å². The van der Waals surface area contributed by atoms with Crippen LogP contribution in [0.4, 0.5) is 4.79 Å². The molecule has 1 rings (SSSR count). The summed E-state index contributed by atoms with van der Waals surface area (Å²) in [4.78, 5) is 22.8. The average Bonchev–Trinajstić information content (AvgIpc) is 2.29. The van der Waals surface area contributed by atoms with E-state index in [4.69, 9.17) is 4.74 Å². The monoisotopic (exact) mass is 362 g/mol. The van der Waals surface area contributed by atoms with E-state index in [0.29, 0.717) is 12.3 Å². The van der Waals surface area contributed by atoms with E-state index in [1.54, 1.807) is 19.9 Å². The van der Waals surface area contributed by atoms with E-state index in [1.807, 2.05) is 18.2 Å². The summed E-state index contributed by atoms with van der Waals surface area (Å²) in [7, 11) is 0. The van der Waals surface area contributed by atoms with Gasteiger partial charge in [0.25, 0.3) is 5.91 Å². The molecular formula is C12H15IN2O3. The smallest absolute Gasteiger partial charge is 0.321 e. The molecule has 0 spiro atoms. The molecule has 1 aromatic rings. The van der Waals surface area contributed by atoms with Gasteiger partial charge < -0.3 is 10.1 Å². The van der Waals surface area contributed by atoms with E-state index >= 15 is 0 Å². The first-order valence-electron chi connectivity index (χ1n) is 5.54. The zero-order valence-corrected chi connectivity index (χ0v) is 12.4. The summed E-state index contributed by atoms with van der Waals surface area (Å²) in [6.45, 7) is 3.83. The molecule has 0 fully saturated rings. The van der Waals surface area contributed by atoms with Crippen molar-refractivity contribution in [3.63, 3.8) is 0 Å². The molecule has 18 heavy (non-hydrogen) atoms. The lowest BCUT2D eigenvalue weighted by molar-refractivity contribution is -0.126. The molecular weight excluding hydrogens is 347 g/mol. The lowest BCUT2D eigenvalue weighted by Gasteiger charge is -2.14. The first-order chi connectivity index (χ1) is 8.52. The molecule has 2 N–H and O–H groups in total. The van der Waals surface area contributed by atoms with Crippen LogP contribution in [0.1, 0.15) is 13.8 Å². The number of hydrogen-bond acceptors (Lipinski definition) is 3. The van der Waals surface area contributed by atoms with Crippen molar-refractivity contribution in [2.45, 2.75) is 20.0 Å². The predicted octanol–water partition coefficient (Wildman–Crippen LogP) is 1.90. The van der Waals surface area contributed by atoms with Crippen molar-refractivity contribution in [1.29, 1.82) is 0 Å². The maximum atomic E-state index is 11.6. The van der Waals surface area contributed by atoms with Gasteiger partial charge in [-0.1, -0.05) is 6.07 Å². The van der Waals surface area contributed by atoms with E-state index in [2.05, 4.69) is 33.2 Å². The SMILES string of the molecule is CCNC(=O)NC(=O)C(C)Oc1cccc(I)c1. The van der Waals surface area contributed by atoms with Crippen LogP contribution in [0.5, 0.6) is 5.75 Å². The highest BCUT2D eigenvalue weighted by Crippen LogP contribution is 2.16. The van der Waals surface area contributed by atoms with Gasteiger partial charge in [0, 0.05) is 10.1 Å². The number of amides is 3. The second kappa shape index (κ2) is 7.20. The quantitative estimate of drug-likeness (QED) is 0.805. The highest BCUT2D eigenvalue weighted by molar-refractivity contribution is 14.1. The number of carbonyl (C=O) groups excluding carboxylic acids is 2. The molecule has 5 nitrogen and oxygen atoms in total. The summed E-state index contributed by atoms with van der Waals surface area (Å²) in [5, 5.41) is 4.68. The van der Waals surface area contributed by atoms with Gasteiger partial charge >= 0.3 is 6.03 Å². The number of benzene rings is 1. The lowest BCUT2D eigenvalue weighted by atomic mass is 10.3. The third kappa shape index (κ3) is 4.91. The van der Waals surface area contributed by atoms with Crippen molar-refractivity contribution >= 4 is 34.5 Å². The van der Waals surface area contributed by atoms with Crippen LogP contribution in [0.15, 0.2) is 24.3 Å². The van der Waals surface area contributed by atoms with E-state index in [9.17, 15) is 9.59 Å². The van der Waals surface area contributed by atoms with Crippen LogP contribution in [0.25, 0.3) is 0 Å². The number of halogens is 1. The van der Waals surface area contributed by atoms with Crippen LogP contribution in [-0.2, 0) is 4.79 Å². The molecule has 1 atom stereocenters. The molecule has 0 saturated heterocycles. The number of carbonyl (C=O) groups is 2. The molecule has 0 aliphatic rings. The number of rotatable bonds is 4. The van der Waals surface area contributed by atoms with Gasteiger partial charge in [0.05, 0.1) is 0 Å². The molecule has 0 bridgehead atoms. The van der Waals surface area contributed by atoms with Gasteiger partial charge in [-0.25, -0.2) is 4.79 Å². The minimum Gasteiger partial charge on any atom is -0.481 e. The molecule has 0 aliphatic heterocycles. The highest BCUT2D eigenvalue weighted by Gasteiger charge is 2.16. The molecule has 3 amide bonds. The Kier molecular flexibility index (Phi) is 5.90. The summed E-state index contributed by atoms with van der Waals surface area (Å²) in [6, 6.07) is 6.83. The Labute approximate surface area is 119 Å². The summed E-state index contributed by atoms with van der Waals surface area (Å²) in [5.41, 5.74) is 0. The van der Waals surface area contributed by atoms with E-state index in [0.717, 1.165) is 3.57 Å². The minimum atomic E-state index is -0.731. The van der Waals surface area contributed by atoms with Crippen LogP contribution in [0.3, 0.4) is 0 Å². The Morgan fingerprint density at radius 2 is 2.17 bits per heavy atom. The highest BCUT2D eigenvalue weighted by atomic mass is 127. The fourth-order valence-electron chi connectivity index (χ4n) is 1.22. The molecule has 0 aliphatic carbocycles. The van der Waals surface area contributed by atoms with Crippen LogP contribution in [0.2, 0.25) is 0 Å². The van der Waals surface area contributed by atoms with E-state index in [1.165, 1.54) is 0 Å². The molecule has 0 heterocycles. The van der Waals surface area contributed by atoms with Crippen molar-refractivity contribution in [2.24, 2.45) is 0 Å². The van der Waals surface area contributed by atoms with Crippen molar-refractivity contribution in [3.05, 3.63) is 27.8 Å². The van der Waals surface area contributed by atoms with Crippen molar-refractivity contribution in [3.8, 4) is 5.75 Å². The predicted molar refractivity (Wildman–Crippen MR) is 76.5 cm³/mol. The Morgan fingerprint density at radius 1 is 1.44 bits per heavy atom. The fourth-order valence-corrected chi connectivity index (χ4v) is 1.73. The fraction of sp³-hybridized carbons (Fsp3) is 0.333. The molecule has 98 valence electrons. The normalized spacial score (nSPS) is 11.5. The largest absolute Gasteiger partial charge is 0.481 e. The molecule has 1 aromatic carbocycles. The maximum Gasteiger partial charge on any atom is 0.321 e. The standard InChI is InChI=1S/C12H15IN2O3/c1-3-14-12(17)15-11(16)8(2)18-10-6-4-5-9(13)7-10/h4-8H,3H2,1-2H3,(H2,14,15,16,17). The van der Waals surface area contributed by atoms with E-state index < -0.39 is 18.0 Å². The Morgan fingerprint density at radius 3 is 2.78 bits per heavy atom. The first kappa shape index (κ1) is 14.7. The Bertz CT molecular complexity index is 437. The van der Waals surface area contributed by atoms with Crippen molar-refractivity contribution in [2.75, 3.05) is 6.54 Å². The molecule has 0 aromatic heterocycles. The first-order valence-corrected chi connectivity index (χ1v) is 6.61. The summed E-state index contributed by atoms with van der Waals surface area (Å²) >= 11 is 2.16. The summed E-state index contributed by atoms with van der Waals surface area (Å²) in [6.07, 6.45) is -0.731.